The molecule has 1 aromatic rings. The van der Waals surface area contributed by atoms with Crippen molar-refractivity contribution in [3.8, 4) is 5.75 Å². The third kappa shape index (κ3) is 10.0. The molecule has 2 saturated heterocycles. The van der Waals surface area contributed by atoms with Crippen LogP contribution in [0.2, 0.25) is 0 Å². The maximum absolute atomic E-state index is 13.6. The lowest BCUT2D eigenvalue weighted by Gasteiger charge is -2.37. The van der Waals surface area contributed by atoms with Gasteiger partial charge in [-0.05, 0) is 38.9 Å². The Bertz CT molecular complexity index is 1160. The van der Waals surface area contributed by atoms with E-state index in [4.69, 9.17) is 14.9 Å². The molecule has 1 aromatic carbocycles. The van der Waals surface area contributed by atoms with Crippen molar-refractivity contribution in [2.24, 2.45) is 5.41 Å². The van der Waals surface area contributed by atoms with Crippen LogP contribution in [0.15, 0.2) is 30.4 Å². The second-order valence-corrected chi connectivity index (χ2v) is 9.55. The molecular formula is C25H30F4N4O8. The molecule has 0 aliphatic carbocycles. The van der Waals surface area contributed by atoms with Crippen LogP contribution in [0.25, 0.3) is 0 Å². The summed E-state index contributed by atoms with van der Waals surface area (Å²) in [6.45, 7) is 4.30. The fraction of sp³-hybridized carbons (Fsp3) is 0.480. The number of barbiturate groups is 1. The monoisotopic (exact) mass is 590 g/mol. The Morgan fingerprint density at radius 1 is 1.02 bits per heavy atom. The van der Waals surface area contributed by atoms with E-state index >= 15 is 0 Å². The molecule has 0 atom stereocenters. The molecular weight excluding hydrogens is 560 g/mol. The number of alkyl halides is 3. The first-order valence-electron chi connectivity index (χ1n) is 12.3. The molecule has 41 heavy (non-hydrogen) atoms. The average Bonchev–Trinajstić information content (AvgIpc) is 2.88. The third-order valence-electron chi connectivity index (χ3n) is 6.06. The minimum Gasteiger partial charge on any atom is -0.482 e. The van der Waals surface area contributed by atoms with Crippen LogP contribution in [0, 0.1) is 11.2 Å². The Morgan fingerprint density at radius 3 is 2.15 bits per heavy atom. The molecule has 3 N–H and O–H groups in total. The Kier molecular flexibility index (Phi) is 11.2. The van der Waals surface area contributed by atoms with Gasteiger partial charge in [-0.3, -0.25) is 24.7 Å². The Labute approximate surface area is 232 Å². The fourth-order valence-corrected chi connectivity index (χ4v) is 3.88. The van der Waals surface area contributed by atoms with E-state index in [2.05, 4.69) is 10.2 Å². The van der Waals surface area contributed by atoms with E-state index in [-0.39, 0.29) is 12.3 Å². The molecule has 2 fully saturated rings. The summed E-state index contributed by atoms with van der Waals surface area (Å²) in [7, 11) is 0. The standard InChI is InChI=1S/C21H26F4N4O4.C4H4O4/c1-20(2)17(30)26-19(32)29(18(20)31)7-3-6-27-8-10-28(11-9-27)15-5-4-14(22)12-16(15)33-13-21(23,24)25;5-3(6)1-2-4(7)8/h4-5,12H,3,6-11,13H2,1-2H3,(H,26,30,32);1-2H,(H,5,6)(H,7,8). The number of rotatable bonds is 9. The van der Waals surface area contributed by atoms with Crippen LogP contribution in [0.4, 0.5) is 28.0 Å². The molecule has 2 aliphatic rings. The summed E-state index contributed by atoms with van der Waals surface area (Å²) in [5.74, 6) is -4.52. The highest BCUT2D eigenvalue weighted by Crippen LogP contribution is 2.31. The molecule has 16 heteroatoms. The molecule has 0 radical (unpaired) electrons. The lowest BCUT2D eigenvalue weighted by atomic mass is 9.89. The van der Waals surface area contributed by atoms with Gasteiger partial charge in [0.1, 0.15) is 17.0 Å². The van der Waals surface area contributed by atoms with Gasteiger partial charge in [0, 0.05) is 50.9 Å². The largest absolute Gasteiger partial charge is 0.482 e. The molecule has 2 heterocycles. The number of carbonyl (C=O) groups excluding carboxylic acids is 3. The number of piperazine rings is 1. The van der Waals surface area contributed by atoms with Crippen LogP contribution in [0.3, 0.4) is 0 Å². The molecule has 3 rings (SSSR count). The molecule has 0 spiro atoms. The number of carboxylic acids is 2. The van der Waals surface area contributed by atoms with E-state index < -0.39 is 53.8 Å². The number of hydrogen-bond donors (Lipinski definition) is 3. The van der Waals surface area contributed by atoms with Crippen molar-refractivity contribution >= 4 is 35.5 Å². The Hall–Kier alpha value is -4.21. The van der Waals surface area contributed by atoms with Gasteiger partial charge in [0.25, 0.3) is 0 Å². The normalized spacial score (nSPS) is 17.7. The number of carbonyl (C=O) groups is 5. The lowest BCUT2D eigenvalue weighted by Crippen LogP contribution is -2.62. The number of imide groups is 2. The van der Waals surface area contributed by atoms with E-state index in [9.17, 15) is 41.5 Å². The maximum Gasteiger partial charge on any atom is 0.422 e. The zero-order valence-electron chi connectivity index (χ0n) is 22.2. The van der Waals surface area contributed by atoms with E-state index in [1.165, 1.54) is 26.0 Å². The number of halogens is 4. The SMILES string of the molecule is CC1(C)C(=O)NC(=O)N(CCCN2CCN(c3ccc(F)cc3OCC(F)(F)F)CC2)C1=O.O=C(O)C=CC(=O)O. The molecule has 226 valence electrons. The van der Waals surface area contributed by atoms with Crippen molar-refractivity contribution in [3.63, 3.8) is 0 Å². The van der Waals surface area contributed by atoms with Crippen molar-refractivity contribution in [3.05, 3.63) is 36.2 Å². The summed E-state index contributed by atoms with van der Waals surface area (Å²) >= 11 is 0. The van der Waals surface area contributed by atoms with Gasteiger partial charge >= 0.3 is 24.1 Å². The molecule has 2 aliphatic heterocycles. The Balaban J connectivity index is 0.000000642. The number of amides is 4. The summed E-state index contributed by atoms with van der Waals surface area (Å²) in [5, 5.41) is 17.8. The third-order valence-corrected chi connectivity index (χ3v) is 6.06. The molecule has 0 unspecified atom stereocenters. The van der Waals surface area contributed by atoms with Gasteiger partial charge in [-0.2, -0.15) is 13.2 Å². The van der Waals surface area contributed by atoms with Gasteiger partial charge in [-0.1, -0.05) is 0 Å². The van der Waals surface area contributed by atoms with Crippen LogP contribution in [-0.2, 0) is 19.2 Å². The Morgan fingerprint density at radius 2 is 1.61 bits per heavy atom. The van der Waals surface area contributed by atoms with Crippen molar-refractivity contribution in [2.75, 3.05) is 50.8 Å². The predicted molar refractivity (Wildman–Crippen MR) is 135 cm³/mol. The van der Waals surface area contributed by atoms with Gasteiger partial charge in [-0.25, -0.2) is 18.8 Å². The summed E-state index contributed by atoms with van der Waals surface area (Å²) < 4.78 is 55.9. The summed E-state index contributed by atoms with van der Waals surface area (Å²) in [4.78, 5) is 60.3. The number of ether oxygens (including phenoxy) is 1. The first-order chi connectivity index (χ1) is 19.0. The van der Waals surface area contributed by atoms with Crippen LogP contribution < -0.4 is 15.0 Å². The van der Waals surface area contributed by atoms with Crippen LogP contribution in [0.5, 0.6) is 5.75 Å². The number of carboxylic acid groups (broad SMARTS) is 2. The zero-order valence-corrected chi connectivity index (χ0v) is 22.2. The number of anilines is 1. The van der Waals surface area contributed by atoms with Crippen molar-refractivity contribution in [1.29, 1.82) is 0 Å². The highest BCUT2D eigenvalue weighted by Gasteiger charge is 2.46. The summed E-state index contributed by atoms with van der Waals surface area (Å²) in [5.41, 5.74) is -0.914. The van der Waals surface area contributed by atoms with E-state index in [0.717, 1.165) is 11.0 Å². The van der Waals surface area contributed by atoms with E-state index in [1.807, 2.05) is 4.90 Å². The number of benzene rings is 1. The predicted octanol–water partition coefficient (Wildman–Crippen LogP) is 2.10. The van der Waals surface area contributed by atoms with E-state index in [0.29, 0.717) is 57.0 Å². The molecule has 0 saturated carbocycles. The van der Waals surface area contributed by atoms with Gasteiger partial charge < -0.3 is 19.8 Å². The molecule has 0 bridgehead atoms. The number of nitrogens with one attached hydrogen (secondary N) is 1. The summed E-state index contributed by atoms with van der Waals surface area (Å²) in [6, 6.07) is 2.80. The second-order valence-electron chi connectivity index (χ2n) is 9.55. The van der Waals surface area contributed by atoms with Gasteiger partial charge in [0.15, 0.2) is 6.61 Å². The fourth-order valence-electron chi connectivity index (χ4n) is 3.88. The smallest absolute Gasteiger partial charge is 0.422 e. The first-order valence-corrected chi connectivity index (χ1v) is 12.3. The molecule has 4 amide bonds. The number of nitrogens with zero attached hydrogens (tertiary/aromatic N) is 3. The minimum absolute atomic E-state index is 0.160. The second kappa shape index (κ2) is 13.9. The quantitative estimate of drug-likeness (QED) is 0.221. The lowest BCUT2D eigenvalue weighted by molar-refractivity contribution is -0.153. The molecule has 12 nitrogen and oxygen atoms in total. The van der Waals surface area contributed by atoms with Gasteiger partial charge in [-0.15, -0.1) is 0 Å². The zero-order chi connectivity index (χ0) is 31.0. The van der Waals surface area contributed by atoms with Gasteiger partial charge in [0.2, 0.25) is 11.8 Å². The number of aliphatic carboxylic acids is 2. The number of hydrogen-bond acceptors (Lipinski definition) is 8. The summed E-state index contributed by atoms with van der Waals surface area (Å²) in [6.07, 6.45) is -2.91. The highest BCUT2D eigenvalue weighted by atomic mass is 19.4. The topological polar surface area (TPSA) is 157 Å². The molecule has 0 aromatic heterocycles. The number of urea groups is 1. The van der Waals surface area contributed by atoms with E-state index in [1.54, 1.807) is 0 Å². The first kappa shape index (κ1) is 33.0. The van der Waals surface area contributed by atoms with Gasteiger partial charge in [0.05, 0.1) is 5.69 Å². The maximum atomic E-state index is 13.6. The van der Waals surface area contributed by atoms with Crippen molar-refractivity contribution < 1.29 is 56.5 Å². The minimum atomic E-state index is -4.53. The van der Waals surface area contributed by atoms with Crippen molar-refractivity contribution in [1.82, 2.24) is 15.1 Å². The highest BCUT2D eigenvalue weighted by molar-refractivity contribution is 6.18. The average molecular weight is 591 g/mol. The van der Waals surface area contributed by atoms with Crippen LogP contribution in [-0.4, -0.2) is 102 Å². The van der Waals surface area contributed by atoms with Crippen LogP contribution >= 0.6 is 0 Å². The van der Waals surface area contributed by atoms with Crippen molar-refractivity contribution in [2.45, 2.75) is 26.4 Å². The van der Waals surface area contributed by atoms with Crippen LogP contribution in [0.1, 0.15) is 20.3 Å².